The average Bonchev–Trinajstić information content (AvgIpc) is 3.06. The summed E-state index contributed by atoms with van der Waals surface area (Å²) < 4.78 is 7.10. The van der Waals surface area contributed by atoms with E-state index in [4.69, 9.17) is 4.74 Å². The lowest BCUT2D eigenvalue weighted by atomic mass is 9.72. The van der Waals surface area contributed by atoms with Crippen molar-refractivity contribution in [1.82, 2.24) is 14.5 Å². The third kappa shape index (κ3) is 3.36. The average molecular weight is 327 g/mol. The summed E-state index contributed by atoms with van der Waals surface area (Å²) in [4.78, 5) is 18.7. The maximum atomic E-state index is 12.1. The Morgan fingerprint density at radius 2 is 1.96 bits per heavy atom. The van der Waals surface area contributed by atoms with Gasteiger partial charge in [0.1, 0.15) is 0 Å². The van der Waals surface area contributed by atoms with E-state index in [1.807, 2.05) is 23.8 Å². The van der Waals surface area contributed by atoms with Crippen molar-refractivity contribution in [3.63, 3.8) is 0 Å². The number of hydrogen-bond donors (Lipinski definition) is 0. The van der Waals surface area contributed by atoms with Crippen LogP contribution < -0.4 is 0 Å². The van der Waals surface area contributed by atoms with Gasteiger partial charge in [-0.1, -0.05) is 30.3 Å². The molecule has 3 rings (SSSR count). The number of hydrogen-bond acceptors (Lipinski definition) is 4. The van der Waals surface area contributed by atoms with E-state index >= 15 is 0 Å². The molecule has 1 aliphatic rings. The van der Waals surface area contributed by atoms with Gasteiger partial charge in [0, 0.05) is 24.4 Å². The van der Waals surface area contributed by atoms with Crippen molar-refractivity contribution in [2.45, 2.75) is 31.7 Å². The number of aromatic nitrogens is 2. The Kier molecular flexibility index (Phi) is 5.00. The highest BCUT2D eigenvalue weighted by molar-refractivity contribution is 5.85. The van der Waals surface area contributed by atoms with Crippen LogP contribution in [0.1, 0.15) is 35.9 Å². The van der Waals surface area contributed by atoms with Gasteiger partial charge in [-0.05, 0) is 45.5 Å². The number of benzene rings is 1. The second kappa shape index (κ2) is 7.18. The molecule has 1 aromatic heterocycles. The first-order chi connectivity index (χ1) is 11.6. The maximum Gasteiger partial charge on any atom is 0.374 e. The van der Waals surface area contributed by atoms with Crippen LogP contribution in [0.4, 0.5) is 0 Å². The Morgan fingerprint density at radius 1 is 1.25 bits per heavy atom. The number of carbonyl (C=O) groups is 1. The van der Waals surface area contributed by atoms with Crippen molar-refractivity contribution in [2.75, 3.05) is 26.7 Å². The molecule has 24 heavy (non-hydrogen) atoms. The van der Waals surface area contributed by atoms with Gasteiger partial charge < -0.3 is 14.2 Å². The monoisotopic (exact) mass is 327 g/mol. The van der Waals surface area contributed by atoms with Crippen LogP contribution >= 0.6 is 0 Å². The van der Waals surface area contributed by atoms with E-state index in [9.17, 15) is 4.79 Å². The molecule has 1 aromatic carbocycles. The molecule has 0 saturated carbocycles. The summed E-state index contributed by atoms with van der Waals surface area (Å²) in [5.41, 5.74) is 1.36. The van der Waals surface area contributed by atoms with E-state index in [2.05, 4.69) is 41.2 Å². The second-order valence-electron chi connectivity index (χ2n) is 6.55. The summed E-state index contributed by atoms with van der Waals surface area (Å²) in [5, 5.41) is 0. The van der Waals surface area contributed by atoms with Gasteiger partial charge in [0.15, 0.2) is 0 Å². The molecular weight excluding hydrogens is 302 g/mol. The molecule has 0 bridgehead atoms. The Bertz CT molecular complexity index is 673. The number of likely N-dealkylation sites (tertiary alicyclic amines) is 1. The van der Waals surface area contributed by atoms with Gasteiger partial charge in [-0.3, -0.25) is 0 Å². The summed E-state index contributed by atoms with van der Waals surface area (Å²) in [7, 11) is 2.16. The molecule has 0 unspecified atom stereocenters. The number of piperidine rings is 1. The molecule has 2 aromatic rings. The molecule has 5 heteroatoms. The maximum absolute atomic E-state index is 12.1. The molecule has 0 aliphatic carbocycles. The standard InChI is InChI=1S/C19H25N3O2/c1-3-24-18(23)17-20-11-14-22(17)15-19(9-12-21(2)13-10-19)16-7-5-4-6-8-16/h4-8,11,14H,3,9-10,12-13,15H2,1-2H3. The van der Waals surface area contributed by atoms with Gasteiger partial charge in [0.05, 0.1) is 6.61 Å². The molecule has 0 spiro atoms. The van der Waals surface area contributed by atoms with E-state index in [1.165, 1.54) is 5.56 Å². The third-order valence-electron chi connectivity index (χ3n) is 4.98. The summed E-state index contributed by atoms with van der Waals surface area (Å²) >= 11 is 0. The largest absolute Gasteiger partial charge is 0.460 e. The smallest absolute Gasteiger partial charge is 0.374 e. The van der Waals surface area contributed by atoms with Crippen molar-refractivity contribution in [2.24, 2.45) is 0 Å². The molecule has 5 nitrogen and oxygen atoms in total. The number of rotatable bonds is 5. The predicted molar refractivity (Wildman–Crippen MR) is 93.0 cm³/mol. The van der Waals surface area contributed by atoms with Gasteiger partial charge >= 0.3 is 5.97 Å². The molecular formula is C19H25N3O2. The number of esters is 1. The number of carbonyl (C=O) groups excluding carboxylic acids is 1. The summed E-state index contributed by atoms with van der Waals surface area (Å²) in [5.74, 6) is 0.0460. The van der Waals surface area contributed by atoms with Gasteiger partial charge in [-0.15, -0.1) is 0 Å². The van der Waals surface area contributed by atoms with Crippen LogP contribution in [0, 0.1) is 0 Å². The van der Waals surface area contributed by atoms with E-state index in [0.29, 0.717) is 12.4 Å². The van der Waals surface area contributed by atoms with Crippen LogP contribution in [0.25, 0.3) is 0 Å². The minimum absolute atomic E-state index is 0.0235. The number of nitrogens with zero attached hydrogens (tertiary/aromatic N) is 3. The van der Waals surface area contributed by atoms with Crippen LogP contribution in [-0.4, -0.2) is 47.2 Å². The summed E-state index contributed by atoms with van der Waals surface area (Å²) in [6, 6.07) is 10.6. The fraction of sp³-hybridized carbons (Fsp3) is 0.474. The Labute approximate surface area is 143 Å². The minimum Gasteiger partial charge on any atom is -0.460 e. The normalized spacial score (nSPS) is 17.6. The van der Waals surface area contributed by atoms with Crippen molar-refractivity contribution in [3.8, 4) is 0 Å². The van der Waals surface area contributed by atoms with Crippen LogP contribution in [-0.2, 0) is 16.7 Å². The number of imidazole rings is 1. The minimum atomic E-state index is -0.348. The topological polar surface area (TPSA) is 47.4 Å². The number of ether oxygens (including phenoxy) is 1. The lowest BCUT2D eigenvalue weighted by Crippen LogP contribution is -2.43. The molecule has 0 atom stereocenters. The van der Waals surface area contributed by atoms with Crippen LogP contribution in [0.15, 0.2) is 42.7 Å². The van der Waals surface area contributed by atoms with Gasteiger partial charge in [0.2, 0.25) is 5.82 Å². The molecule has 2 heterocycles. The fourth-order valence-electron chi connectivity index (χ4n) is 3.52. The Morgan fingerprint density at radius 3 is 2.62 bits per heavy atom. The fourth-order valence-corrected chi connectivity index (χ4v) is 3.52. The van der Waals surface area contributed by atoms with Crippen LogP contribution in [0.5, 0.6) is 0 Å². The Hall–Kier alpha value is -2.14. The second-order valence-corrected chi connectivity index (χ2v) is 6.55. The van der Waals surface area contributed by atoms with E-state index in [-0.39, 0.29) is 11.4 Å². The van der Waals surface area contributed by atoms with Gasteiger partial charge in [-0.2, -0.15) is 0 Å². The first-order valence-electron chi connectivity index (χ1n) is 8.57. The van der Waals surface area contributed by atoms with Crippen molar-refractivity contribution in [1.29, 1.82) is 0 Å². The van der Waals surface area contributed by atoms with Crippen molar-refractivity contribution in [3.05, 3.63) is 54.1 Å². The molecule has 1 aliphatic heterocycles. The summed E-state index contributed by atoms with van der Waals surface area (Å²) in [6.07, 6.45) is 5.69. The van der Waals surface area contributed by atoms with E-state index in [0.717, 1.165) is 32.5 Å². The molecule has 1 saturated heterocycles. The first kappa shape index (κ1) is 16.7. The molecule has 0 radical (unpaired) electrons. The predicted octanol–water partition coefficient (Wildman–Crippen LogP) is 2.72. The summed E-state index contributed by atoms with van der Waals surface area (Å²) in [6.45, 7) is 5.03. The van der Waals surface area contributed by atoms with E-state index in [1.54, 1.807) is 6.20 Å². The zero-order valence-corrected chi connectivity index (χ0v) is 14.4. The van der Waals surface area contributed by atoms with Gasteiger partial charge in [-0.25, -0.2) is 9.78 Å². The lowest BCUT2D eigenvalue weighted by molar-refractivity contribution is 0.0502. The highest BCUT2D eigenvalue weighted by Crippen LogP contribution is 2.37. The first-order valence-corrected chi connectivity index (χ1v) is 8.57. The quantitative estimate of drug-likeness (QED) is 0.792. The molecule has 0 amide bonds. The van der Waals surface area contributed by atoms with Crippen molar-refractivity contribution >= 4 is 5.97 Å². The third-order valence-corrected chi connectivity index (χ3v) is 4.98. The lowest BCUT2D eigenvalue weighted by Gasteiger charge is -2.41. The van der Waals surface area contributed by atoms with Crippen LogP contribution in [0.2, 0.25) is 0 Å². The molecule has 0 N–H and O–H groups in total. The molecule has 128 valence electrons. The van der Waals surface area contributed by atoms with E-state index < -0.39 is 0 Å². The zero-order valence-electron chi connectivity index (χ0n) is 14.4. The van der Waals surface area contributed by atoms with Gasteiger partial charge in [0.25, 0.3) is 0 Å². The highest BCUT2D eigenvalue weighted by Gasteiger charge is 2.36. The van der Waals surface area contributed by atoms with Crippen molar-refractivity contribution < 1.29 is 9.53 Å². The Balaban J connectivity index is 1.91. The zero-order chi connectivity index (χ0) is 17.0. The molecule has 1 fully saturated rings. The highest BCUT2D eigenvalue weighted by atomic mass is 16.5. The SMILES string of the molecule is CCOC(=O)c1nccn1CC1(c2ccccc2)CCN(C)CC1. The van der Waals surface area contributed by atoms with Crippen LogP contribution in [0.3, 0.4) is 0 Å².